The van der Waals surface area contributed by atoms with Crippen molar-refractivity contribution < 1.29 is 9.84 Å². The van der Waals surface area contributed by atoms with E-state index >= 15 is 0 Å². The first-order valence-corrected chi connectivity index (χ1v) is 8.07. The van der Waals surface area contributed by atoms with Gasteiger partial charge in [0.2, 0.25) is 0 Å². The predicted molar refractivity (Wildman–Crippen MR) is 97.6 cm³/mol. The van der Waals surface area contributed by atoms with Crippen molar-refractivity contribution in [3.05, 3.63) is 42.5 Å². The third-order valence-electron chi connectivity index (χ3n) is 3.61. The summed E-state index contributed by atoms with van der Waals surface area (Å²) in [6.07, 6.45) is 0. The van der Waals surface area contributed by atoms with Crippen LogP contribution in [0.3, 0.4) is 0 Å². The summed E-state index contributed by atoms with van der Waals surface area (Å²) in [5.74, 6) is 0.498. The molecule has 6 nitrogen and oxygen atoms in total. The lowest BCUT2D eigenvalue weighted by atomic mass is 10.2. The molecule has 0 aliphatic rings. The van der Waals surface area contributed by atoms with Crippen LogP contribution in [0, 0.1) is 0 Å². The van der Waals surface area contributed by atoms with Crippen molar-refractivity contribution in [2.75, 3.05) is 36.9 Å². The molecule has 2 aromatic carbocycles. The molecule has 2 aromatic rings. The zero-order valence-electron chi connectivity index (χ0n) is 14.1. The average Bonchev–Trinajstić information content (AvgIpc) is 2.62. The fraction of sp³-hybridized carbons (Fsp3) is 0.333. The zero-order valence-corrected chi connectivity index (χ0v) is 14.1. The number of aliphatic hydroxyl groups is 1. The number of anilines is 2. The average molecular weight is 328 g/mol. The van der Waals surface area contributed by atoms with E-state index in [4.69, 9.17) is 15.6 Å². The SMILES string of the molecule is CCN(CC)c1ccc(N=Nc2ccc(N)c(OCCO)c2)cc1. The molecule has 0 fully saturated rings. The van der Waals surface area contributed by atoms with Gasteiger partial charge >= 0.3 is 0 Å². The third kappa shape index (κ3) is 4.70. The molecule has 0 amide bonds. The Morgan fingerprint density at radius 1 is 1.00 bits per heavy atom. The Labute approximate surface area is 142 Å². The van der Waals surface area contributed by atoms with Crippen LogP contribution in [-0.4, -0.2) is 31.4 Å². The number of nitrogen functional groups attached to an aromatic ring is 1. The highest BCUT2D eigenvalue weighted by atomic mass is 16.5. The topological polar surface area (TPSA) is 83.4 Å². The third-order valence-corrected chi connectivity index (χ3v) is 3.61. The van der Waals surface area contributed by atoms with Crippen LogP contribution >= 0.6 is 0 Å². The molecule has 128 valence electrons. The minimum atomic E-state index is -0.0654. The molecule has 3 N–H and O–H groups in total. The van der Waals surface area contributed by atoms with Crippen LogP contribution in [0.15, 0.2) is 52.7 Å². The van der Waals surface area contributed by atoms with E-state index < -0.39 is 0 Å². The fourth-order valence-corrected chi connectivity index (χ4v) is 2.30. The van der Waals surface area contributed by atoms with Gasteiger partial charge in [0, 0.05) is 24.8 Å². The maximum absolute atomic E-state index is 8.83. The quantitative estimate of drug-likeness (QED) is 0.568. The van der Waals surface area contributed by atoms with Crippen molar-refractivity contribution in [1.29, 1.82) is 0 Å². The van der Waals surface area contributed by atoms with Gasteiger partial charge < -0.3 is 20.5 Å². The summed E-state index contributed by atoms with van der Waals surface area (Å²) < 4.78 is 5.36. The number of rotatable bonds is 8. The second kappa shape index (κ2) is 8.88. The van der Waals surface area contributed by atoms with Crippen LogP contribution in [0.1, 0.15) is 13.8 Å². The van der Waals surface area contributed by atoms with Gasteiger partial charge in [0.1, 0.15) is 12.4 Å². The van der Waals surface area contributed by atoms with Crippen LogP contribution in [0.2, 0.25) is 0 Å². The standard InChI is InChI=1S/C18H24N4O2/c1-3-22(4-2)16-8-5-14(6-9-16)20-21-15-7-10-17(19)18(13-15)24-12-11-23/h5-10,13,23H,3-4,11-12,19H2,1-2H3. The van der Waals surface area contributed by atoms with Crippen molar-refractivity contribution in [3.8, 4) is 5.75 Å². The van der Waals surface area contributed by atoms with Gasteiger partial charge in [0.25, 0.3) is 0 Å². The van der Waals surface area contributed by atoms with E-state index in [0.717, 1.165) is 18.8 Å². The van der Waals surface area contributed by atoms with Gasteiger partial charge in [-0.1, -0.05) is 0 Å². The van der Waals surface area contributed by atoms with E-state index in [1.54, 1.807) is 18.2 Å². The van der Waals surface area contributed by atoms with Crippen LogP contribution in [0.5, 0.6) is 5.75 Å². The molecule has 0 bridgehead atoms. The van der Waals surface area contributed by atoms with Gasteiger partial charge in [-0.15, -0.1) is 0 Å². The number of hydrogen-bond donors (Lipinski definition) is 2. The molecule has 0 spiro atoms. The lowest BCUT2D eigenvalue weighted by Crippen LogP contribution is -2.21. The number of aliphatic hydroxyl groups excluding tert-OH is 1. The summed E-state index contributed by atoms with van der Waals surface area (Å²) in [6.45, 7) is 6.34. The highest BCUT2D eigenvalue weighted by molar-refractivity contribution is 5.59. The summed E-state index contributed by atoms with van der Waals surface area (Å²) in [6, 6.07) is 13.2. The zero-order chi connectivity index (χ0) is 17.4. The first-order valence-electron chi connectivity index (χ1n) is 8.07. The molecule has 0 aliphatic carbocycles. The molecule has 6 heteroatoms. The Morgan fingerprint density at radius 2 is 1.62 bits per heavy atom. The molecule has 0 saturated heterocycles. The van der Waals surface area contributed by atoms with Gasteiger partial charge in [-0.2, -0.15) is 10.2 Å². The van der Waals surface area contributed by atoms with Gasteiger partial charge in [0.15, 0.2) is 0 Å². The van der Waals surface area contributed by atoms with Gasteiger partial charge in [0.05, 0.1) is 23.7 Å². The second-order valence-corrected chi connectivity index (χ2v) is 5.18. The first-order chi connectivity index (χ1) is 11.7. The Hall–Kier alpha value is -2.60. The smallest absolute Gasteiger partial charge is 0.144 e. The molecule has 0 atom stereocenters. The van der Waals surface area contributed by atoms with Gasteiger partial charge in [-0.3, -0.25) is 0 Å². The monoisotopic (exact) mass is 328 g/mol. The molecular weight excluding hydrogens is 304 g/mol. The Balaban J connectivity index is 2.10. The number of azo groups is 1. The molecule has 0 heterocycles. The van der Waals surface area contributed by atoms with E-state index in [2.05, 4.69) is 29.0 Å². The van der Waals surface area contributed by atoms with E-state index in [1.807, 2.05) is 24.3 Å². The summed E-state index contributed by atoms with van der Waals surface area (Å²) in [5.41, 5.74) is 8.92. The largest absolute Gasteiger partial charge is 0.489 e. The lowest BCUT2D eigenvalue weighted by Gasteiger charge is -2.20. The minimum absolute atomic E-state index is 0.0654. The highest BCUT2D eigenvalue weighted by Gasteiger charge is 2.03. The highest BCUT2D eigenvalue weighted by Crippen LogP contribution is 2.28. The van der Waals surface area contributed by atoms with E-state index in [0.29, 0.717) is 17.1 Å². The van der Waals surface area contributed by atoms with Crippen molar-refractivity contribution in [2.45, 2.75) is 13.8 Å². The van der Waals surface area contributed by atoms with Crippen molar-refractivity contribution in [3.63, 3.8) is 0 Å². The summed E-state index contributed by atoms with van der Waals surface area (Å²) in [5, 5.41) is 17.3. The molecule has 0 aromatic heterocycles. The number of ether oxygens (including phenoxy) is 1. The molecule has 0 saturated carbocycles. The van der Waals surface area contributed by atoms with Crippen molar-refractivity contribution in [2.24, 2.45) is 10.2 Å². The van der Waals surface area contributed by atoms with Gasteiger partial charge in [-0.25, -0.2) is 0 Å². The van der Waals surface area contributed by atoms with Crippen molar-refractivity contribution in [1.82, 2.24) is 0 Å². The Bertz CT molecular complexity index is 667. The number of nitrogens with zero attached hydrogens (tertiary/aromatic N) is 3. The first kappa shape index (κ1) is 17.7. The predicted octanol–water partition coefficient (Wildman–Crippen LogP) is 3.90. The number of benzene rings is 2. The molecule has 2 rings (SSSR count). The molecule has 0 unspecified atom stereocenters. The number of hydrogen-bond acceptors (Lipinski definition) is 6. The second-order valence-electron chi connectivity index (χ2n) is 5.18. The maximum Gasteiger partial charge on any atom is 0.144 e. The number of nitrogens with two attached hydrogens (primary N) is 1. The van der Waals surface area contributed by atoms with Crippen molar-refractivity contribution >= 4 is 22.7 Å². The van der Waals surface area contributed by atoms with Crippen LogP contribution in [0.4, 0.5) is 22.7 Å². The maximum atomic E-state index is 8.83. The lowest BCUT2D eigenvalue weighted by molar-refractivity contribution is 0.202. The van der Waals surface area contributed by atoms with E-state index in [-0.39, 0.29) is 13.2 Å². The minimum Gasteiger partial charge on any atom is -0.489 e. The molecular formula is C18H24N4O2. The van der Waals surface area contributed by atoms with Crippen LogP contribution in [-0.2, 0) is 0 Å². The molecule has 0 radical (unpaired) electrons. The molecule has 24 heavy (non-hydrogen) atoms. The van der Waals surface area contributed by atoms with Crippen LogP contribution in [0.25, 0.3) is 0 Å². The van der Waals surface area contributed by atoms with E-state index in [1.165, 1.54) is 5.69 Å². The Morgan fingerprint density at radius 3 is 2.25 bits per heavy atom. The summed E-state index contributed by atoms with van der Waals surface area (Å²) >= 11 is 0. The normalized spacial score (nSPS) is 11.0. The molecule has 0 aliphatic heterocycles. The Kier molecular flexibility index (Phi) is 6.57. The van der Waals surface area contributed by atoms with Gasteiger partial charge in [-0.05, 0) is 50.2 Å². The van der Waals surface area contributed by atoms with Crippen LogP contribution < -0.4 is 15.4 Å². The summed E-state index contributed by atoms with van der Waals surface area (Å²) in [7, 11) is 0. The summed E-state index contributed by atoms with van der Waals surface area (Å²) in [4.78, 5) is 2.27. The fourth-order valence-electron chi connectivity index (χ4n) is 2.30. The van der Waals surface area contributed by atoms with E-state index in [9.17, 15) is 0 Å².